The van der Waals surface area contributed by atoms with Crippen molar-refractivity contribution in [1.29, 1.82) is 0 Å². The molecule has 0 amide bonds. The van der Waals surface area contributed by atoms with E-state index >= 15 is 0 Å². The van der Waals surface area contributed by atoms with Crippen molar-refractivity contribution in [1.82, 2.24) is 4.90 Å². The second-order valence-corrected chi connectivity index (χ2v) is 8.01. The van der Waals surface area contributed by atoms with Crippen LogP contribution in [0.3, 0.4) is 0 Å². The zero-order valence-electron chi connectivity index (χ0n) is 17.4. The minimum atomic E-state index is -1.21. The Morgan fingerprint density at radius 3 is 1.88 bits per heavy atom. The van der Waals surface area contributed by atoms with Crippen LogP contribution in [0, 0.1) is 30.3 Å². The van der Waals surface area contributed by atoms with Crippen LogP contribution >= 0.6 is 0 Å². The van der Waals surface area contributed by atoms with Crippen molar-refractivity contribution < 1.29 is 19.9 Å². The maximum absolute atomic E-state index is 10.4. The average Bonchev–Trinajstić information content (AvgIpc) is 3.33. The van der Waals surface area contributed by atoms with Gasteiger partial charge in [0.15, 0.2) is 0 Å². The SMILES string of the molecule is O=[N+]([O-])c1cc([N+](=O)[O-])c(O)c([N+](=O)[O-])c1.c1ccc(CCC23CCCN2CCC3)cc1. The molecule has 0 atom stereocenters. The fourth-order valence-corrected chi connectivity index (χ4v) is 4.63. The van der Waals surface area contributed by atoms with Crippen molar-refractivity contribution in [2.45, 2.75) is 44.1 Å². The predicted molar refractivity (Wildman–Crippen MR) is 116 cm³/mol. The maximum Gasteiger partial charge on any atom is 0.324 e. The highest BCUT2D eigenvalue weighted by Crippen LogP contribution is 2.42. The van der Waals surface area contributed by atoms with Gasteiger partial charge in [0.1, 0.15) is 0 Å². The van der Waals surface area contributed by atoms with Crippen molar-refractivity contribution in [2.24, 2.45) is 0 Å². The van der Waals surface area contributed by atoms with Gasteiger partial charge in [0.05, 0.1) is 26.9 Å². The van der Waals surface area contributed by atoms with E-state index in [1.165, 1.54) is 57.2 Å². The summed E-state index contributed by atoms with van der Waals surface area (Å²) in [6.45, 7) is 2.71. The van der Waals surface area contributed by atoms with Crippen LogP contribution in [0.25, 0.3) is 0 Å². The number of benzene rings is 2. The molecule has 2 saturated heterocycles. The number of non-ortho nitro benzene ring substituents is 1. The Morgan fingerprint density at radius 2 is 1.41 bits per heavy atom. The lowest BCUT2D eigenvalue weighted by molar-refractivity contribution is -0.404. The fraction of sp³-hybridized carbons (Fsp3) is 0.429. The van der Waals surface area contributed by atoms with Gasteiger partial charge in [0.25, 0.3) is 11.4 Å². The Kier molecular flexibility index (Phi) is 6.98. The molecule has 1 N–H and O–H groups in total. The average molecular weight is 444 g/mol. The van der Waals surface area contributed by atoms with Gasteiger partial charge in [-0.1, -0.05) is 30.3 Å². The molecule has 2 fully saturated rings. The molecule has 11 heteroatoms. The number of fused-ring (bicyclic) bond motifs is 1. The Morgan fingerprint density at radius 1 is 0.875 bits per heavy atom. The van der Waals surface area contributed by atoms with E-state index in [4.69, 9.17) is 5.11 Å². The van der Waals surface area contributed by atoms with Crippen molar-refractivity contribution in [3.8, 4) is 5.75 Å². The highest BCUT2D eigenvalue weighted by atomic mass is 16.6. The van der Waals surface area contributed by atoms with Crippen LogP contribution in [0.1, 0.15) is 37.7 Å². The molecule has 0 spiro atoms. The third kappa shape index (κ3) is 4.99. The smallest absolute Gasteiger partial charge is 0.324 e. The van der Waals surface area contributed by atoms with Crippen LogP contribution in [0.4, 0.5) is 17.1 Å². The summed E-state index contributed by atoms with van der Waals surface area (Å²) < 4.78 is 0. The number of rotatable bonds is 6. The molecule has 0 saturated carbocycles. The molecule has 11 nitrogen and oxygen atoms in total. The summed E-state index contributed by atoms with van der Waals surface area (Å²) in [5.41, 5.74) is -0.899. The number of nitro benzene ring substituents is 3. The standard InChI is InChI=1S/C15H21N.C6H3N3O7/c1-2-6-14(7-3-1)8-11-15-9-4-12-16(15)13-5-10-15;10-6-4(8(13)14)1-3(7(11)12)2-5(6)9(15)16/h1-3,6-7H,4-5,8-13H2;1-2,10H. The zero-order chi connectivity index (χ0) is 23.3. The minimum Gasteiger partial charge on any atom is -0.497 e. The predicted octanol–water partition coefficient (Wildman–Crippen LogP) is 4.36. The second kappa shape index (κ2) is 9.69. The lowest BCUT2D eigenvalue weighted by Crippen LogP contribution is -2.38. The lowest BCUT2D eigenvalue weighted by Gasteiger charge is -2.32. The van der Waals surface area contributed by atoms with Crippen LogP contribution < -0.4 is 0 Å². The third-order valence-electron chi connectivity index (χ3n) is 6.19. The Hall–Kier alpha value is -3.60. The zero-order valence-corrected chi connectivity index (χ0v) is 17.4. The highest BCUT2D eigenvalue weighted by Gasteiger charge is 2.43. The summed E-state index contributed by atoms with van der Waals surface area (Å²) in [6, 6.07) is 11.9. The first-order valence-electron chi connectivity index (χ1n) is 10.3. The van der Waals surface area contributed by atoms with E-state index in [9.17, 15) is 30.3 Å². The Labute approximate surface area is 183 Å². The molecular formula is C21H24N4O7. The lowest BCUT2D eigenvalue weighted by atomic mass is 9.87. The number of aryl methyl sites for hydroxylation is 1. The summed E-state index contributed by atoms with van der Waals surface area (Å²) in [4.78, 5) is 30.5. The Bertz CT molecular complexity index is 967. The molecule has 2 aliphatic heterocycles. The van der Waals surface area contributed by atoms with Crippen molar-refractivity contribution in [3.63, 3.8) is 0 Å². The normalized spacial score (nSPS) is 16.6. The number of phenols is 1. The summed E-state index contributed by atoms with van der Waals surface area (Å²) >= 11 is 0. The molecule has 32 heavy (non-hydrogen) atoms. The van der Waals surface area contributed by atoms with E-state index in [2.05, 4.69) is 35.2 Å². The molecule has 2 aromatic rings. The summed E-state index contributed by atoms with van der Waals surface area (Å²) in [5, 5.41) is 40.2. The molecular weight excluding hydrogens is 420 g/mol. The fourth-order valence-electron chi connectivity index (χ4n) is 4.63. The van der Waals surface area contributed by atoms with E-state index in [0.717, 1.165) is 0 Å². The van der Waals surface area contributed by atoms with E-state index in [0.29, 0.717) is 17.7 Å². The molecule has 2 aliphatic rings. The molecule has 0 bridgehead atoms. The van der Waals surface area contributed by atoms with Gasteiger partial charge in [-0.05, 0) is 57.2 Å². The second-order valence-electron chi connectivity index (χ2n) is 8.01. The van der Waals surface area contributed by atoms with Crippen molar-refractivity contribution in [2.75, 3.05) is 13.1 Å². The van der Waals surface area contributed by atoms with Gasteiger partial charge in [-0.2, -0.15) is 0 Å². The van der Waals surface area contributed by atoms with Crippen molar-refractivity contribution >= 4 is 17.1 Å². The molecule has 4 rings (SSSR count). The van der Waals surface area contributed by atoms with Crippen molar-refractivity contribution in [3.05, 3.63) is 78.4 Å². The molecule has 2 aromatic carbocycles. The van der Waals surface area contributed by atoms with E-state index in [1.807, 2.05) is 0 Å². The van der Waals surface area contributed by atoms with Gasteiger partial charge in [0, 0.05) is 5.54 Å². The number of nitrogens with zero attached hydrogens (tertiary/aromatic N) is 4. The van der Waals surface area contributed by atoms with Gasteiger partial charge >= 0.3 is 11.4 Å². The topological polar surface area (TPSA) is 153 Å². The molecule has 2 heterocycles. The van der Waals surface area contributed by atoms with Gasteiger partial charge in [0.2, 0.25) is 0 Å². The number of nitro groups is 3. The van der Waals surface area contributed by atoms with Gasteiger partial charge in [-0.15, -0.1) is 0 Å². The molecule has 0 radical (unpaired) electrons. The van der Waals surface area contributed by atoms with Gasteiger partial charge in [-0.3, -0.25) is 35.2 Å². The van der Waals surface area contributed by atoms with E-state index < -0.39 is 37.6 Å². The van der Waals surface area contributed by atoms with Gasteiger partial charge in [-0.25, -0.2) is 0 Å². The number of aromatic hydroxyl groups is 1. The third-order valence-corrected chi connectivity index (χ3v) is 6.19. The summed E-state index contributed by atoms with van der Waals surface area (Å²) in [5.74, 6) is -1.21. The number of phenolic OH excluding ortho intramolecular Hbond substituents is 1. The quantitative estimate of drug-likeness (QED) is 0.509. The first kappa shape index (κ1) is 23.1. The van der Waals surface area contributed by atoms with E-state index in [1.54, 1.807) is 0 Å². The van der Waals surface area contributed by atoms with Crippen LogP contribution in [0.5, 0.6) is 5.75 Å². The molecule has 0 aliphatic carbocycles. The largest absolute Gasteiger partial charge is 0.497 e. The highest BCUT2D eigenvalue weighted by molar-refractivity contribution is 5.64. The van der Waals surface area contributed by atoms with Crippen LogP contribution in [-0.2, 0) is 6.42 Å². The minimum absolute atomic E-state index is 0.447. The maximum atomic E-state index is 10.4. The summed E-state index contributed by atoms with van der Waals surface area (Å²) in [6.07, 6.45) is 8.37. The number of hydrogen-bond acceptors (Lipinski definition) is 8. The first-order valence-corrected chi connectivity index (χ1v) is 10.3. The number of hydrogen-bond donors (Lipinski definition) is 1. The van der Waals surface area contributed by atoms with Crippen LogP contribution in [-0.4, -0.2) is 43.4 Å². The van der Waals surface area contributed by atoms with E-state index in [-0.39, 0.29) is 0 Å². The van der Waals surface area contributed by atoms with Gasteiger partial charge < -0.3 is 5.11 Å². The van der Waals surface area contributed by atoms with Crippen LogP contribution in [0.15, 0.2) is 42.5 Å². The molecule has 0 unspecified atom stereocenters. The first-order chi connectivity index (χ1) is 15.2. The monoisotopic (exact) mass is 444 g/mol. The van der Waals surface area contributed by atoms with Crippen LogP contribution in [0.2, 0.25) is 0 Å². The summed E-state index contributed by atoms with van der Waals surface area (Å²) in [7, 11) is 0. The Balaban J connectivity index is 0.000000181. The molecule has 170 valence electrons. The molecule has 0 aromatic heterocycles.